The van der Waals surface area contributed by atoms with Crippen molar-refractivity contribution < 1.29 is 5.11 Å². The molecule has 0 radical (unpaired) electrons. The number of aromatic nitrogens is 3. The monoisotopic (exact) mass is 380 g/mol. The Hall–Kier alpha value is -2.50. The summed E-state index contributed by atoms with van der Waals surface area (Å²) in [6.45, 7) is 3.53. The van der Waals surface area contributed by atoms with Gasteiger partial charge in [-0.15, -0.1) is 10.2 Å². The van der Waals surface area contributed by atoms with E-state index in [0.717, 1.165) is 48.4 Å². The molecule has 2 aromatic carbocycles. The van der Waals surface area contributed by atoms with E-state index in [9.17, 15) is 5.11 Å². The van der Waals surface area contributed by atoms with Crippen LogP contribution in [0.3, 0.4) is 0 Å². The van der Waals surface area contributed by atoms with Crippen LogP contribution in [0.4, 0.5) is 5.95 Å². The zero-order chi connectivity index (χ0) is 18.8. The van der Waals surface area contributed by atoms with Crippen LogP contribution in [0.2, 0.25) is 5.02 Å². The SMILES string of the molecule is Cc1ccc(-c2nc(N3CCC(O)CC3)nnc2-c2ccc(Cl)cc2)cc1. The highest BCUT2D eigenvalue weighted by Crippen LogP contribution is 2.31. The van der Waals surface area contributed by atoms with Crippen molar-refractivity contribution in [3.8, 4) is 22.5 Å². The quantitative estimate of drug-likeness (QED) is 0.740. The number of benzene rings is 2. The standard InChI is InChI=1S/C21H21ClN4O/c1-14-2-4-15(5-3-14)19-20(16-6-8-17(22)9-7-16)24-25-21(23-19)26-12-10-18(27)11-13-26/h2-9,18,27H,10-13H2,1H3. The van der Waals surface area contributed by atoms with Gasteiger partial charge < -0.3 is 10.0 Å². The Morgan fingerprint density at radius 2 is 1.48 bits per heavy atom. The Bertz CT molecular complexity index is 920. The zero-order valence-corrected chi connectivity index (χ0v) is 15.9. The van der Waals surface area contributed by atoms with Gasteiger partial charge in [-0.05, 0) is 31.9 Å². The van der Waals surface area contributed by atoms with Crippen LogP contribution in [0.5, 0.6) is 0 Å². The van der Waals surface area contributed by atoms with Crippen LogP contribution in [0, 0.1) is 6.92 Å². The summed E-state index contributed by atoms with van der Waals surface area (Å²) in [6.07, 6.45) is 1.21. The molecule has 0 atom stereocenters. The molecule has 5 nitrogen and oxygen atoms in total. The molecule has 0 spiro atoms. The average Bonchev–Trinajstić information content (AvgIpc) is 2.69. The van der Waals surface area contributed by atoms with Crippen LogP contribution in [0.25, 0.3) is 22.5 Å². The highest BCUT2D eigenvalue weighted by molar-refractivity contribution is 6.30. The van der Waals surface area contributed by atoms with E-state index in [1.54, 1.807) is 0 Å². The van der Waals surface area contributed by atoms with Gasteiger partial charge in [-0.3, -0.25) is 0 Å². The zero-order valence-electron chi connectivity index (χ0n) is 15.1. The van der Waals surface area contributed by atoms with Gasteiger partial charge in [0.05, 0.1) is 6.10 Å². The smallest absolute Gasteiger partial charge is 0.245 e. The van der Waals surface area contributed by atoms with E-state index >= 15 is 0 Å². The minimum absolute atomic E-state index is 0.237. The number of aryl methyl sites for hydroxylation is 1. The summed E-state index contributed by atoms with van der Waals surface area (Å²) >= 11 is 6.03. The fourth-order valence-electron chi connectivity index (χ4n) is 3.23. The topological polar surface area (TPSA) is 62.1 Å². The summed E-state index contributed by atoms with van der Waals surface area (Å²) in [4.78, 5) is 6.94. The lowest BCUT2D eigenvalue weighted by Gasteiger charge is -2.29. The van der Waals surface area contributed by atoms with Crippen molar-refractivity contribution >= 4 is 17.5 Å². The molecule has 1 saturated heterocycles. The lowest BCUT2D eigenvalue weighted by atomic mass is 10.0. The summed E-state index contributed by atoms with van der Waals surface area (Å²) in [5.41, 5.74) is 4.65. The summed E-state index contributed by atoms with van der Waals surface area (Å²) in [5, 5.41) is 19.3. The second kappa shape index (κ2) is 7.62. The molecule has 0 bridgehead atoms. The Balaban J connectivity index is 1.78. The van der Waals surface area contributed by atoms with Crippen LogP contribution in [0.1, 0.15) is 18.4 Å². The molecule has 2 heterocycles. The lowest BCUT2D eigenvalue weighted by molar-refractivity contribution is 0.145. The maximum atomic E-state index is 9.75. The van der Waals surface area contributed by atoms with Gasteiger partial charge >= 0.3 is 0 Å². The molecule has 1 aliphatic rings. The minimum Gasteiger partial charge on any atom is -0.393 e. The molecule has 0 amide bonds. The average molecular weight is 381 g/mol. The van der Waals surface area contributed by atoms with Crippen molar-refractivity contribution in [3.05, 3.63) is 59.1 Å². The molecule has 0 unspecified atom stereocenters. The second-order valence-corrected chi connectivity index (χ2v) is 7.34. The molecule has 1 N–H and O–H groups in total. The summed E-state index contributed by atoms with van der Waals surface area (Å²) in [6, 6.07) is 15.8. The molecule has 1 aliphatic heterocycles. The Morgan fingerprint density at radius 1 is 0.889 bits per heavy atom. The van der Waals surface area contributed by atoms with Crippen molar-refractivity contribution in [1.82, 2.24) is 15.2 Å². The Kier molecular flexibility index (Phi) is 5.05. The van der Waals surface area contributed by atoms with Gasteiger partial charge in [0.25, 0.3) is 0 Å². The number of halogens is 1. The van der Waals surface area contributed by atoms with Crippen molar-refractivity contribution in [2.24, 2.45) is 0 Å². The Morgan fingerprint density at radius 3 is 2.15 bits per heavy atom. The van der Waals surface area contributed by atoms with E-state index in [1.165, 1.54) is 5.56 Å². The fourth-order valence-corrected chi connectivity index (χ4v) is 3.36. The van der Waals surface area contributed by atoms with Gasteiger partial charge in [0.2, 0.25) is 5.95 Å². The van der Waals surface area contributed by atoms with Crippen LogP contribution in [-0.2, 0) is 0 Å². The second-order valence-electron chi connectivity index (χ2n) is 6.90. The minimum atomic E-state index is -0.237. The van der Waals surface area contributed by atoms with E-state index in [4.69, 9.17) is 16.6 Å². The number of nitrogens with zero attached hydrogens (tertiary/aromatic N) is 4. The highest BCUT2D eigenvalue weighted by atomic mass is 35.5. The fraction of sp³-hybridized carbons (Fsp3) is 0.286. The van der Waals surface area contributed by atoms with Crippen molar-refractivity contribution in [3.63, 3.8) is 0 Å². The van der Waals surface area contributed by atoms with Crippen molar-refractivity contribution in [1.29, 1.82) is 0 Å². The summed E-state index contributed by atoms with van der Waals surface area (Å²) in [7, 11) is 0. The largest absolute Gasteiger partial charge is 0.393 e. The number of hydrogen-bond acceptors (Lipinski definition) is 5. The van der Waals surface area contributed by atoms with Crippen LogP contribution < -0.4 is 4.90 Å². The molecule has 27 heavy (non-hydrogen) atoms. The van der Waals surface area contributed by atoms with Crippen molar-refractivity contribution in [2.75, 3.05) is 18.0 Å². The molecular formula is C21H21ClN4O. The van der Waals surface area contributed by atoms with Gasteiger partial charge in [-0.2, -0.15) is 0 Å². The first-order valence-electron chi connectivity index (χ1n) is 9.11. The van der Waals surface area contributed by atoms with Gasteiger partial charge in [0, 0.05) is 29.2 Å². The van der Waals surface area contributed by atoms with Crippen LogP contribution in [0.15, 0.2) is 48.5 Å². The molecule has 138 valence electrons. The molecule has 0 aliphatic carbocycles. The third-order valence-electron chi connectivity index (χ3n) is 4.87. The van der Waals surface area contributed by atoms with E-state index in [0.29, 0.717) is 11.0 Å². The predicted octanol–water partition coefficient (Wildman–Crippen LogP) is 4.13. The number of hydrogen-bond donors (Lipinski definition) is 1. The number of piperidine rings is 1. The van der Waals surface area contributed by atoms with E-state index in [1.807, 2.05) is 24.3 Å². The number of rotatable bonds is 3. The van der Waals surface area contributed by atoms with Gasteiger partial charge in [-0.1, -0.05) is 53.6 Å². The third-order valence-corrected chi connectivity index (χ3v) is 5.12. The number of aliphatic hydroxyl groups is 1. The highest BCUT2D eigenvalue weighted by Gasteiger charge is 2.21. The van der Waals surface area contributed by atoms with Gasteiger partial charge in [0.15, 0.2) is 0 Å². The molecule has 6 heteroatoms. The molecule has 4 rings (SSSR count). The summed E-state index contributed by atoms with van der Waals surface area (Å²) in [5.74, 6) is 0.607. The predicted molar refractivity (Wildman–Crippen MR) is 108 cm³/mol. The maximum absolute atomic E-state index is 9.75. The van der Waals surface area contributed by atoms with Gasteiger partial charge in [0.1, 0.15) is 11.4 Å². The normalized spacial score (nSPS) is 15.1. The molecule has 1 aromatic heterocycles. The maximum Gasteiger partial charge on any atom is 0.245 e. The number of aliphatic hydroxyl groups excluding tert-OH is 1. The van der Waals surface area contributed by atoms with Crippen LogP contribution in [-0.4, -0.2) is 39.5 Å². The first kappa shape index (κ1) is 17.9. The van der Waals surface area contributed by atoms with E-state index in [2.05, 4.69) is 46.3 Å². The van der Waals surface area contributed by atoms with E-state index in [-0.39, 0.29) is 6.10 Å². The van der Waals surface area contributed by atoms with Gasteiger partial charge in [-0.25, -0.2) is 4.98 Å². The third kappa shape index (κ3) is 3.94. The first-order chi connectivity index (χ1) is 13.1. The summed E-state index contributed by atoms with van der Waals surface area (Å²) < 4.78 is 0. The number of anilines is 1. The van der Waals surface area contributed by atoms with Crippen LogP contribution >= 0.6 is 11.6 Å². The Labute approximate surface area is 163 Å². The molecule has 0 saturated carbocycles. The first-order valence-corrected chi connectivity index (χ1v) is 9.48. The molecular weight excluding hydrogens is 360 g/mol. The van der Waals surface area contributed by atoms with E-state index < -0.39 is 0 Å². The molecule has 1 fully saturated rings. The molecule has 3 aromatic rings. The van der Waals surface area contributed by atoms with Crippen molar-refractivity contribution in [2.45, 2.75) is 25.9 Å². The lowest BCUT2D eigenvalue weighted by Crippen LogP contribution is -2.37.